The largest absolute Gasteiger partial charge is 0.471 e. The molecule has 1 aromatic heterocycles. The minimum absolute atomic E-state index is 0.363. The molecule has 1 aromatic rings. The standard InChI is InChI=1S/C8H6F4N2O3/c9-7(10)8(11,12)4-17-6-2-1-5(3-13-6)14(15)16/h1-3,7H,4H2. The maximum atomic E-state index is 12.4. The summed E-state index contributed by atoms with van der Waals surface area (Å²) in [7, 11) is 0. The third-order valence-corrected chi connectivity index (χ3v) is 1.66. The van der Waals surface area contributed by atoms with Gasteiger partial charge in [-0.2, -0.15) is 8.78 Å². The van der Waals surface area contributed by atoms with E-state index in [1.165, 1.54) is 0 Å². The Hall–Kier alpha value is -1.93. The van der Waals surface area contributed by atoms with Gasteiger partial charge in [0.25, 0.3) is 5.69 Å². The van der Waals surface area contributed by atoms with Gasteiger partial charge in [-0.1, -0.05) is 0 Å². The molecule has 0 unspecified atom stereocenters. The van der Waals surface area contributed by atoms with E-state index < -0.39 is 29.8 Å². The molecule has 0 aliphatic heterocycles. The van der Waals surface area contributed by atoms with Gasteiger partial charge in [0, 0.05) is 12.1 Å². The van der Waals surface area contributed by atoms with Gasteiger partial charge in [0.05, 0.1) is 4.92 Å². The Morgan fingerprint density at radius 3 is 2.53 bits per heavy atom. The Morgan fingerprint density at radius 2 is 2.12 bits per heavy atom. The van der Waals surface area contributed by atoms with Crippen molar-refractivity contribution in [2.45, 2.75) is 12.3 Å². The lowest BCUT2D eigenvalue weighted by molar-refractivity contribution is -0.385. The summed E-state index contributed by atoms with van der Waals surface area (Å²) in [6.07, 6.45) is -3.07. The van der Waals surface area contributed by atoms with Crippen molar-refractivity contribution < 1.29 is 27.2 Å². The monoisotopic (exact) mass is 254 g/mol. The second-order valence-corrected chi connectivity index (χ2v) is 2.96. The van der Waals surface area contributed by atoms with Gasteiger partial charge in [0.2, 0.25) is 5.88 Å². The molecule has 0 saturated heterocycles. The molecule has 0 radical (unpaired) electrons. The average molecular weight is 254 g/mol. The van der Waals surface area contributed by atoms with Crippen molar-refractivity contribution in [2.24, 2.45) is 0 Å². The van der Waals surface area contributed by atoms with Crippen LogP contribution in [0.25, 0.3) is 0 Å². The normalized spacial score (nSPS) is 11.6. The molecule has 1 rings (SSSR count). The first kappa shape index (κ1) is 13.1. The van der Waals surface area contributed by atoms with Gasteiger partial charge in [0.1, 0.15) is 6.20 Å². The molecule has 94 valence electrons. The summed E-state index contributed by atoms with van der Waals surface area (Å²) >= 11 is 0. The number of aromatic nitrogens is 1. The van der Waals surface area contributed by atoms with Crippen LogP contribution in [0.15, 0.2) is 18.3 Å². The molecule has 9 heteroatoms. The number of rotatable bonds is 5. The number of pyridine rings is 1. The van der Waals surface area contributed by atoms with Crippen molar-refractivity contribution in [3.63, 3.8) is 0 Å². The number of hydrogen-bond donors (Lipinski definition) is 0. The van der Waals surface area contributed by atoms with Gasteiger partial charge < -0.3 is 4.74 Å². The summed E-state index contributed by atoms with van der Waals surface area (Å²) in [6, 6.07) is 1.91. The molecule has 0 atom stereocenters. The SMILES string of the molecule is O=[N+]([O-])c1ccc(OCC(F)(F)C(F)F)nc1. The Kier molecular flexibility index (Phi) is 3.81. The van der Waals surface area contributed by atoms with E-state index in [1.54, 1.807) is 0 Å². The zero-order chi connectivity index (χ0) is 13.1. The highest BCUT2D eigenvalue weighted by Crippen LogP contribution is 2.24. The second-order valence-electron chi connectivity index (χ2n) is 2.96. The number of halogens is 4. The van der Waals surface area contributed by atoms with Gasteiger partial charge in [-0.05, 0) is 0 Å². The molecule has 0 aliphatic rings. The van der Waals surface area contributed by atoms with Gasteiger partial charge in [-0.3, -0.25) is 10.1 Å². The van der Waals surface area contributed by atoms with E-state index in [2.05, 4.69) is 9.72 Å². The minimum atomic E-state index is -4.29. The topological polar surface area (TPSA) is 65.3 Å². The van der Waals surface area contributed by atoms with Gasteiger partial charge in [-0.15, -0.1) is 0 Å². The zero-order valence-electron chi connectivity index (χ0n) is 8.15. The molecule has 0 amide bonds. The van der Waals surface area contributed by atoms with E-state index >= 15 is 0 Å². The lowest BCUT2D eigenvalue weighted by Gasteiger charge is -2.15. The number of hydrogen-bond acceptors (Lipinski definition) is 4. The van der Waals surface area contributed by atoms with Gasteiger partial charge in [-0.25, -0.2) is 13.8 Å². The summed E-state index contributed by atoms with van der Waals surface area (Å²) in [4.78, 5) is 12.8. The Labute approximate surface area is 92.2 Å². The van der Waals surface area contributed by atoms with Crippen molar-refractivity contribution in [1.29, 1.82) is 0 Å². The van der Waals surface area contributed by atoms with Crippen LogP contribution in [0, 0.1) is 10.1 Å². The summed E-state index contributed by atoms with van der Waals surface area (Å²) < 4.78 is 52.7. The summed E-state index contributed by atoms with van der Waals surface area (Å²) in [5.41, 5.74) is -0.363. The smallest absolute Gasteiger partial charge is 0.340 e. The lowest BCUT2D eigenvalue weighted by atomic mass is 10.4. The van der Waals surface area contributed by atoms with Crippen LogP contribution in [-0.4, -0.2) is 28.9 Å². The molecular formula is C8H6F4N2O3. The van der Waals surface area contributed by atoms with Crippen molar-refractivity contribution in [3.05, 3.63) is 28.4 Å². The van der Waals surface area contributed by atoms with Crippen LogP contribution < -0.4 is 4.74 Å². The van der Waals surface area contributed by atoms with Gasteiger partial charge in [0.15, 0.2) is 6.61 Å². The van der Waals surface area contributed by atoms with Crippen molar-refractivity contribution in [3.8, 4) is 5.88 Å². The van der Waals surface area contributed by atoms with Crippen LogP contribution in [0.3, 0.4) is 0 Å². The highest BCUT2D eigenvalue weighted by molar-refractivity contribution is 5.28. The fraction of sp³-hybridized carbons (Fsp3) is 0.375. The second kappa shape index (κ2) is 4.93. The van der Waals surface area contributed by atoms with Crippen LogP contribution in [0.2, 0.25) is 0 Å². The number of nitro groups is 1. The van der Waals surface area contributed by atoms with Crippen molar-refractivity contribution in [2.75, 3.05) is 6.61 Å². The Bertz CT molecular complexity index is 396. The maximum absolute atomic E-state index is 12.4. The predicted octanol–water partition coefficient (Wildman–Crippen LogP) is 2.27. The summed E-state index contributed by atoms with van der Waals surface area (Å²) in [6.45, 7) is -1.55. The van der Waals surface area contributed by atoms with E-state index in [-0.39, 0.29) is 5.69 Å². The quantitative estimate of drug-likeness (QED) is 0.459. The number of nitrogens with zero attached hydrogens (tertiary/aromatic N) is 2. The molecule has 0 saturated carbocycles. The molecule has 0 aromatic carbocycles. The Morgan fingerprint density at radius 1 is 1.47 bits per heavy atom. The minimum Gasteiger partial charge on any atom is -0.471 e. The molecule has 0 fully saturated rings. The number of alkyl halides is 4. The number of ether oxygens (including phenoxy) is 1. The highest BCUT2D eigenvalue weighted by atomic mass is 19.3. The molecule has 0 bridgehead atoms. The van der Waals surface area contributed by atoms with E-state index in [4.69, 9.17) is 0 Å². The highest BCUT2D eigenvalue weighted by Gasteiger charge is 2.41. The van der Waals surface area contributed by atoms with Crippen LogP contribution in [0.4, 0.5) is 23.2 Å². The average Bonchev–Trinajstić information content (AvgIpc) is 2.27. The van der Waals surface area contributed by atoms with Gasteiger partial charge >= 0.3 is 12.3 Å². The molecule has 0 N–H and O–H groups in total. The van der Waals surface area contributed by atoms with Crippen molar-refractivity contribution in [1.82, 2.24) is 4.98 Å². The molecular weight excluding hydrogens is 248 g/mol. The molecule has 5 nitrogen and oxygen atoms in total. The maximum Gasteiger partial charge on any atom is 0.340 e. The van der Waals surface area contributed by atoms with Crippen LogP contribution in [0.1, 0.15) is 0 Å². The van der Waals surface area contributed by atoms with E-state index in [1.807, 2.05) is 0 Å². The lowest BCUT2D eigenvalue weighted by Crippen LogP contribution is -2.33. The fourth-order valence-corrected chi connectivity index (χ4v) is 0.799. The first-order valence-electron chi connectivity index (χ1n) is 4.22. The van der Waals surface area contributed by atoms with Crippen LogP contribution >= 0.6 is 0 Å². The zero-order valence-corrected chi connectivity index (χ0v) is 8.15. The van der Waals surface area contributed by atoms with Crippen molar-refractivity contribution >= 4 is 5.69 Å². The third-order valence-electron chi connectivity index (χ3n) is 1.66. The molecule has 0 aliphatic carbocycles. The summed E-state index contributed by atoms with van der Waals surface area (Å²) in [5.74, 6) is -4.68. The van der Waals surface area contributed by atoms with Crippen LogP contribution in [-0.2, 0) is 0 Å². The van der Waals surface area contributed by atoms with Crippen LogP contribution in [0.5, 0.6) is 5.88 Å². The molecule has 0 spiro atoms. The van der Waals surface area contributed by atoms with E-state index in [0.29, 0.717) is 0 Å². The summed E-state index contributed by atoms with van der Waals surface area (Å²) in [5, 5.41) is 10.2. The molecule has 1 heterocycles. The first-order chi connectivity index (χ1) is 7.83. The molecule has 17 heavy (non-hydrogen) atoms. The Balaban J connectivity index is 2.62. The predicted molar refractivity (Wildman–Crippen MR) is 47.3 cm³/mol. The van der Waals surface area contributed by atoms with E-state index in [0.717, 1.165) is 18.3 Å². The fourth-order valence-electron chi connectivity index (χ4n) is 0.799. The van der Waals surface area contributed by atoms with E-state index in [9.17, 15) is 27.7 Å². The first-order valence-corrected chi connectivity index (χ1v) is 4.22. The third kappa shape index (κ3) is 3.54.